The first-order valence-corrected chi connectivity index (χ1v) is 7.49. The Morgan fingerprint density at radius 3 is 2.67 bits per heavy atom. The zero-order valence-corrected chi connectivity index (χ0v) is 12.0. The fourth-order valence-electron chi connectivity index (χ4n) is 2.63. The number of hydrogen-bond acceptors (Lipinski definition) is 3. The molecule has 0 N–H and O–H groups in total. The average Bonchev–Trinajstić information content (AvgIpc) is 3.33. The molecule has 1 aliphatic heterocycles. The van der Waals surface area contributed by atoms with Crippen molar-refractivity contribution in [1.29, 1.82) is 0 Å². The summed E-state index contributed by atoms with van der Waals surface area (Å²) in [4.78, 5) is 27.7. The van der Waals surface area contributed by atoms with E-state index >= 15 is 0 Å². The molecule has 0 unspecified atom stereocenters. The number of carbonyl (C=O) groups excluding carboxylic acids is 2. The van der Waals surface area contributed by atoms with Gasteiger partial charge in [-0.05, 0) is 24.8 Å². The van der Waals surface area contributed by atoms with Crippen LogP contribution >= 0.6 is 0 Å². The highest BCUT2D eigenvalue weighted by Gasteiger charge is 2.35. The maximum Gasteiger partial charge on any atom is 0.410 e. The monoisotopic (exact) mass is 288 g/mol. The topological polar surface area (TPSA) is 49.9 Å². The van der Waals surface area contributed by atoms with Gasteiger partial charge in [0.05, 0.1) is 0 Å². The quantitative estimate of drug-likeness (QED) is 0.855. The summed E-state index contributed by atoms with van der Waals surface area (Å²) in [6.45, 7) is 1.73. The molecule has 1 saturated heterocycles. The van der Waals surface area contributed by atoms with Crippen LogP contribution in [0.3, 0.4) is 0 Å². The Labute approximate surface area is 124 Å². The van der Waals surface area contributed by atoms with Crippen LogP contribution in [0, 0.1) is 0 Å². The van der Waals surface area contributed by atoms with Crippen LogP contribution in [0.25, 0.3) is 0 Å². The third-order valence-electron chi connectivity index (χ3n) is 3.92. The van der Waals surface area contributed by atoms with Crippen LogP contribution in [0.2, 0.25) is 0 Å². The van der Waals surface area contributed by atoms with E-state index in [2.05, 4.69) is 0 Å². The number of hydrogen-bond donors (Lipinski definition) is 0. The van der Waals surface area contributed by atoms with Crippen molar-refractivity contribution in [1.82, 2.24) is 9.80 Å². The zero-order chi connectivity index (χ0) is 14.7. The largest absolute Gasteiger partial charge is 0.445 e. The second-order valence-corrected chi connectivity index (χ2v) is 5.63. The maximum atomic E-state index is 12.2. The minimum absolute atomic E-state index is 0.0478. The second-order valence-electron chi connectivity index (χ2n) is 5.63. The number of ether oxygens (including phenoxy) is 1. The van der Waals surface area contributed by atoms with E-state index in [4.69, 9.17) is 4.74 Å². The van der Waals surface area contributed by atoms with Gasteiger partial charge in [-0.3, -0.25) is 9.69 Å². The van der Waals surface area contributed by atoms with E-state index in [0.717, 1.165) is 31.4 Å². The number of amides is 2. The second kappa shape index (κ2) is 6.16. The Balaban J connectivity index is 1.53. The van der Waals surface area contributed by atoms with Crippen molar-refractivity contribution in [2.45, 2.75) is 31.9 Å². The molecule has 0 atom stereocenters. The molecule has 1 heterocycles. The third kappa shape index (κ3) is 3.54. The zero-order valence-electron chi connectivity index (χ0n) is 12.0. The van der Waals surface area contributed by atoms with E-state index in [1.54, 1.807) is 0 Å². The Kier molecular flexibility index (Phi) is 4.08. The molecule has 1 saturated carbocycles. The Hall–Kier alpha value is -2.04. The fourth-order valence-corrected chi connectivity index (χ4v) is 2.63. The molecule has 5 heteroatoms. The molecule has 3 rings (SSSR count). The predicted octanol–water partition coefficient (Wildman–Crippen LogP) is 2.02. The van der Waals surface area contributed by atoms with E-state index in [9.17, 15) is 9.59 Å². The van der Waals surface area contributed by atoms with Gasteiger partial charge in [0.15, 0.2) is 0 Å². The molecular formula is C16H20N2O3. The van der Waals surface area contributed by atoms with Crippen molar-refractivity contribution in [3.63, 3.8) is 0 Å². The molecule has 0 aromatic heterocycles. The minimum Gasteiger partial charge on any atom is -0.445 e. The first kappa shape index (κ1) is 13.9. The summed E-state index contributed by atoms with van der Waals surface area (Å²) in [5, 5.41) is 0. The third-order valence-corrected chi connectivity index (χ3v) is 3.92. The lowest BCUT2D eigenvalue weighted by Crippen LogP contribution is -2.40. The van der Waals surface area contributed by atoms with Gasteiger partial charge in [0.2, 0.25) is 5.91 Å². The van der Waals surface area contributed by atoms with Crippen molar-refractivity contribution in [3.05, 3.63) is 35.9 Å². The van der Waals surface area contributed by atoms with Crippen molar-refractivity contribution < 1.29 is 14.3 Å². The summed E-state index contributed by atoms with van der Waals surface area (Å²) in [6, 6.07) is 9.98. The van der Waals surface area contributed by atoms with Gasteiger partial charge in [0, 0.05) is 19.1 Å². The van der Waals surface area contributed by atoms with Gasteiger partial charge in [-0.2, -0.15) is 0 Å². The summed E-state index contributed by atoms with van der Waals surface area (Å²) in [7, 11) is 0. The summed E-state index contributed by atoms with van der Waals surface area (Å²) in [6.07, 6.45) is 2.63. The lowest BCUT2D eigenvalue weighted by atomic mass is 10.2. The molecule has 0 bridgehead atoms. The van der Waals surface area contributed by atoms with Gasteiger partial charge in [-0.1, -0.05) is 30.3 Å². The number of nitrogens with zero attached hydrogens (tertiary/aromatic N) is 2. The number of rotatable bonds is 3. The van der Waals surface area contributed by atoms with Gasteiger partial charge in [0.1, 0.15) is 13.2 Å². The molecule has 1 aliphatic carbocycles. The highest BCUT2D eigenvalue weighted by molar-refractivity contribution is 5.83. The minimum atomic E-state index is -0.398. The Morgan fingerprint density at radius 1 is 1.19 bits per heavy atom. The first-order valence-electron chi connectivity index (χ1n) is 7.49. The number of carbonyl (C=O) groups is 2. The SMILES string of the molecule is O=C(OCc1ccccc1)N1CCCN(C2CC2)C(=O)C1. The molecule has 2 fully saturated rings. The molecule has 0 radical (unpaired) electrons. The molecule has 2 amide bonds. The summed E-state index contributed by atoms with van der Waals surface area (Å²) in [5.74, 6) is 0.0478. The van der Waals surface area contributed by atoms with Crippen molar-refractivity contribution in [2.75, 3.05) is 19.6 Å². The summed E-state index contributed by atoms with van der Waals surface area (Å²) < 4.78 is 5.30. The van der Waals surface area contributed by atoms with Gasteiger partial charge in [-0.25, -0.2) is 4.79 Å². The maximum absolute atomic E-state index is 12.2. The van der Waals surface area contributed by atoms with Crippen molar-refractivity contribution >= 4 is 12.0 Å². The molecular weight excluding hydrogens is 268 g/mol. The lowest BCUT2D eigenvalue weighted by Gasteiger charge is -2.21. The predicted molar refractivity (Wildman–Crippen MR) is 77.6 cm³/mol. The summed E-state index contributed by atoms with van der Waals surface area (Å²) in [5.41, 5.74) is 0.951. The standard InChI is InChI=1S/C16H20N2O3/c19-15-11-17(9-4-10-18(15)14-7-8-14)16(20)21-12-13-5-2-1-3-6-13/h1-3,5-6,14H,4,7-12H2. The van der Waals surface area contributed by atoms with Crippen molar-refractivity contribution in [3.8, 4) is 0 Å². The molecule has 21 heavy (non-hydrogen) atoms. The molecule has 1 aromatic rings. The number of benzene rings is 1. The van der Waals surface area contributed by atoms with Crippen LogP contribution in [0.5, 0.6) is 0 Å². The molecule has 0 spiro atoms. The van der Waals surface area contributed by atoms with Crippen LogP contribution in [-0.4, -0.2) is 47.5 Å². The smallest absolute Gasteiger partial charge is 0.410 e. The van der Waals surface area contributed by atoms with E-state index < -0.39 is 6.09 Å². The molecule has 2 aliphatic rings. The Bertz CT molecular complexity index is 514. The highest BCUT2D eigenvalue weighted by Crippen LogP contribution is 2.28. The van der Waals surface area contributed by atoms with Crippen LogP contribution in [0.4, 0.5) is 4.79 Å². The lowest BCUT2D eigenvalue weighted by molar-refractivity contribution is -0.131. The van der Waals surface area contributed by atoms with Crippen LogP contribution in [0.1, 0.15) is 24.8 Å². The van der Waals surface area contributed by atoms with Gasteiger partial charge in [0.25, 0.3) is 0 Å². The molecule has 1 aromatic carbocycles. The first-order chi connectivity index (χ1) is 10.2. The van der Waals surface area contributed by atoms with Crippen LogP contribution in [0.15, 0.2) is 30.3 Å². The highest BCUT2D eigenvalue weighted by atomic mass is 16.6. The van der Waals surface area contributed by atoms with Gasteiger partial charge < -0.3 is 9.64 Å². The average molecular weight is 288 g/mol. The molecule has 112 valence electrons. The van der Waals surface area contributed by atoms with E-state index in [0.29, 0.717) is 12.6 Å². The normalized spacial score (nSPS) is 19.3. The van der Waals surface area contributed by atoms with E-state index in [1.807, 2.05) is 35.2 Å². The van der Waals surface area contributed by atoms with E-state index in [1.165, 1.54) is 4.90 Å². The summed E-state index contributed by atoms with van der Waals surface area (Å²) >= 11 is 0. The van der Waals surface area contributed by atoms with Crippen molar-refractivity contribution in [2.24, 2.45) is 0 Å². The fraction of sp³-hybridized carbons (Fsp3) is 0.500. The van der Waals surface area contributed by atoms with Gasteiger partial charge >= 0.3 is 6.09 Å². The van der Waals surface area contributed by atoms with Crippen LogP contribution in [-0.2, 0) is 16.1 Å². The molecule has 5 nitrogen and oxygen atoms in total. The Morgan fingerprint density at radius 2 is 1.95 bits per heavy atom. The van der Waals surface area contributed by atoms with Crippen LogP contribution < -0.4 is 0 Å². The van der Waals surface area contributed by atoms with Gasteiger partial charge in [-0.15, -0.1) is 0 Å². The van der Waals surface area contributed by atoms with E-state index in [-0.39, 0.29) is 19.1 Å².